The smallest absolute Gasteiger partial charge is 0.407 e. The molecule has 4 aromatic rings. The van der Waals surface area contributed by atoms with Crippen LogP contribution >= 0.6 is 34.3 Å². The van der Waals surface area contributed by atoms with Gasteiger partial charge in [0, 0.05) is 11.8 Å². The fraction of sp³-hybridized carbons (Fsp3) is 0.192. The lowest BCUT2D eigenvalue weighted by molar-refractivity contribution is -0.123. The molecule has 2 amide bonds. The number of halogens is 1. The number of rotatable bonds is 11. The number of nitrogens with one attached hydrogen (secondary N) is 3. The van der Waals surface area contributed by atoms with E-state index in [9.17, 15) is 18.0 Å². The second kappa shape index (κ2) is 13.2. The Morgan fingerprint density at radius 1 is 1.00 bits per heavy atom. The van der Waals surface area contributed by atoms with Crippen molar-refractivity contribution in [2.45, 2.75) is 24.9 Å². The first-order chi connectivity index (χ1) is 19.1. The topological polar surface area (TPSA) is 147 Å². The normalized spacial score (nSPS) is 12.8. The summed E-state index contributed by atoms with van der Waals surface area (Å²) in [6, 6.07) is 15.9. The van der Waals surface area contributed by atoms with Crippen molar-refractivity contribution in [3.8, 4) is 9.88 Å². The molecule has 4 N–H and O–H groups in total. The lowest BCUT2D eigenvalue weighted by Gasteiger charge is -2.23. The first-order valence-electron chi connectivity index (χ1n) is 11.8. The Morgan fingerprint density at radius 3 is 2.33 bits per heavy atom. The van der Waals surface area contributed by atoms with E-state index in [1.165, 1.54) is 41.9 Å². The molecule has 2 aromatic carbocycles. The number of thiazole rings is 1. The van der Waals surface area contributed by atoms with Crippen LogP contribution in [0.1, 0.15) is 22.9 Å². The van der Waals surface area contributed by atoms with Crippen molar-refractivity contribution < 1.29 is 27.3 Å². The second-order valence-electron chi connectivity index (χ2n) is 8.59. The minimum Gasteiger partial charge on any atom is -0.453 e. The number of hydrogen-bond donors (Lipinski definition) is 4. The molecule has 0 saturated carbocycles. The van der Waals surface area contributed by atoms with E-state index in [2.05, 4.69) is 10.6 Å². The van der Waals surface area contributed by atoms with Gasteiger partial charge in [0.25, 0.3) is 0 Å². The predicted molar refractivity (Wildman–Crippen MR) is 156 cm³/mol. The average Bonchev–Trinajstić information content (AvgIpc) is 3.57. The number of amides is 2. The summed E-state index contributed by atoms with van der Waals surface area (Å²) >= 11 is 9.16. The first-order valence-corrected chi connectivity index (χ1v) is 15.4. The zero-order valence-corrected chi connectivity index (χ0v) is 24.2. The van der Waals surface area contributed by atoms with Gasteiger partial charge in [0.15, 0.2) is 0 Å². The molecule has 0 radical (unpaired) electrons. The summed E-state index contributed by atoms with van der Waals surface area (Å²) < 4.78 is 38.0. The van der Waals surface area contributed by atoms with E-state index in [0.717, 1.165) is 16.0 Å². The molecular weight excluding hydrogens is 596 g/mol. The zero-order chi connectivity index (χ0) is 28.7. The van der Waals surface area contributed by atoms with Crippen LogP contribution in [0.5, 0.6) is 0 Å². The largest absolute Gasteiger partial charge is 0.453 e. The third-order valence-corrected chi connectivity index (χ3v) is 8.57. The number of ether oxygens (including phenoxy) is 1. The van der Waals surface area contributed by atoms with Gasteiger partial charge in [-0.1, -0.05) is 54.1 Å². The highest BCUT2D eigenvalue weighted by molar-refractivity contribution is 7.87. The molecule has 2 unspecified atom stereocenters. The van der Waals surface area contributed by atoms with E-state index in [1.807, 2.05) is 45.8 Å². The lowest BCUT2D eigenvalue weighted by atomic mass is 10.0. The fourth-order valence-corrected chi connectivity index (χ4v) is 6.48. The van der Waals surface area contributed by atoms with Crippen molar-refractivity contribution in [1.82, 2.24) is 15.6 Å². The maximum absolute atomic E-state index is 13.5. The van der Waals surface area contributed by atoms with Crippen LogP contribution in [-0.4, -0.2) is 43.1 Å². The molecule has 0 aliphatic rings. The molecule has 0 spiro atoms. The molecule has 2 atom stereocenters. The number of methoxy groups -OCH3 is 1. The van der Waals surface area contributed by atoms with E-state index in [-0.39, 0.29) is 12.1 Å². The molecule has 40 heavy (non-hydrogen) atoms. The first kappa shape index (κ1) is 29.5. The quantitative estimate of drug-likeness (QED) is 0.170. The number of carbonyl (C=O) groups excluding carboxylic acids is 2. The number of aromatic nitrogens is 1. The molecule has 0 bridgehead atoms. The highest BCUT2D eigenvalue weighted by Gasteiger charge is 2.27. The number of nitrogens with zero attached hydrogens (tertiary/aromatic N) is 1. The fourth-order valence-electron chi connectivity index (χ4n) is 3.85. The Balaban J connectivity index is 1.61. The third kappa shape index (κ3) is 8.26. The van der Waals surface area contributed by atoms with E-state index < -0.39 is 34.4 Å². The molecular formula is C26H25ClN4O6S3. The van der Waals surface area contributed by atoms with Crippen LogP contribution in [0.4, 0.5) is 10.5 Å². The number of benzene rings is 2. The summed E-state index contributed by atoms with van der Waals surface area (Å²) in [6.45, 7) is 0. The zero-order valence-electron chi connectivity index (χ0n) is 21.0. The van der Waals surface area contributed by atoms with Gasteiger partial charge in [0.05, 0.1) is 34.4 Å². The SMILES string of the molecule is COC(=O)NC(Cc1ccccc1)C(=O)NC(Cc1ccc(NS(=O)(=O)O)cc1)c1csc(-c2sccc2Cl)n1. The maximum atomic E-state index is 13.5. The highest BCUT2D eigenvalue weighted by atomic mass is 35.5. The van der Waals surface area contributed by atoms with Gasteiger partial charge in [0.2, 0.25) is 5.91 Å². The molecule has 0 aliphatic heterocycles. The summed E-state index contributed by atoms with van der Waals surface area (Å²) in [5.41, 5.74) is 2.38. The van der Waals surface area contributed by atoms with Gasteiger partial charge in [-0.05, 0) is 41.1 Å². The van der Waals surface area contributed by atoms with E-state index in [4.69, 9.17) is 25.9 Å². The van der Waals surface area contributed by atoms with Crippen LogP contribution in [0.2, 0.25) is 5.02 Å². The third-order valence-electron chi connectivity index (χ3n) is 5.72. The van der Waals surface area contributed by atoms with Gasteiger partial charge in [-0.2, -0.15) is 8.42 Å². The van der Waals surface area contributed by atoms with E-state index in [1.54, 1.807) is 18.2 Å². The van der Waals surface area contributed by atoms with Gasteiger partial charge < -0.3 is 15.4 Å². The van der Waals surface area contributed by atoms with E-state index in [0.29, 0.717) is 22.1 Å². The Kier molecular flexibility index (Phi) is 9.76. The van der Waals surface area contributed by atoms with Crippen LogP contribution in [0.3, 0.4) is 0 Å². The van der Waals surface area contributed by atoms with E-state index >= 15 is 0 Å². The molecule has 0 fully saturated rings. The summed E-state index contributed by atoms with van der Waals surface area (Å²) in [6.07, 6.45) is -0.203. The maximum Gasteiger partial charge on any atom is 0.407 e. The Morgan fingerprint density at radius 2 is 1.70 bits per heavy atom. The Hall–Kier alpha value is -3.49. The molecule has 14 heteroatoms. The Bertz CT molecular complexity index is 1560. The summed E-state index contributed by atoms with van der Waals surface area (Å²) in [4.78, 5) is 31.2. The van der Waals surface area contributed by atoms with Gasteiger partial charge >= 0.3 is 16.4 Å². The molecule has 0 saturated heterocycles. The van der Waals surface area contributed by atoms with Crippen LogP contribution in [0, 0.1) is 0 Å². The van der Waals surface area contributed by atoms with Gasteiger partial charge in [0.1, 0.15) is 11.0 Å². The Labute approximate surface area is 244 Å². The molecule has 0 aliphatic carbocycles. The van der Waals surface area contributed by atoms with Crippen molar-refractivity contribution >= 4 is 62.3 Å². The van der Waals surface area contributed by atoms with Crippen LogP contribution in [0.15, 0.2) is 71.4 Å². The number of alkyl carbamates (subject to hydrolysis) is 1. The summed E-state index contributed by atoms with van der Waals surface area (Å²) in [7, 11) is -3.19. The minimum absolute atomic E-state index is 0.181. The molecule has 2 aromatic heterocycles. The number of anilines is 1. The number of hydrogen-bond acceptors (Lipinski definition) is 8. The molecule has 10 nitrogen and oxygen atoms in total. The predicted octanol–water partition coefficient (Wildman–Crippen LogP) is 5.11. The second-order valence-corrected chi connectivity index (χ2v) is 11.9. The average molecular weight is 621 g/mol. The van der Waals surface area contributed by atoms with Crippen molar-refractivity contribution in [3.05, 3.63) is 93.3 Å². The monoisotopic (exact) mass is 620 g/mol. The minimum atomic E-state index is -4.41. The summed E-state index contributed by atoms with van der Waals surface area (Å²) in [5, 5.41) is 10.6. The number of thiophene rings is 1. The van der Waals surface area contributed by atoms with Crippen molar-refractivity contribution in [1.29, 1.82) is 0 Å². The van der Waals surface area contributed by atoms with Crippen LogP contribution in [-0.2, 0) is 32.7 Å². The van der Waals surface area contributed by atoms with Gasteiger partial charge in [-0.25, -0.2) is 9.78 Å². The summed E-state index contributed by atoms with van der Waals surface area (Å²) in [5.74, 6) is -0.437. The molecule has 4 rings (SSSR count). The lowest BCUT2D eigenvalue weighted by Crippen LogP contribution is -2.49. The van der Waals surface area contributed by atoms with Crippen molar-refractivity contribution in [2.24, 2.45) is 0 Å². The van der Waals surface area contributed by atoms with Crippen molar-refractivity contribution in [3.63, 3.8) is 0 Å². The van der Waals surface area contributed by atoms with Crippen LogP contribution < -0.4 is 15.4 Å². The van der Waals surface area contributed by atoms with Gasteiger partial charge in [-0.3, -0.25) is 14.1 Å². The van der Waals surface area contributed by atoms with Gasteiger partial charge in [-0.15, -0.1) is 22.7 Å². The molecule has 2 heterocycles. The molecule has 210 valence electrons. The highest BCUT2D eigenvalue weighted by Crippen LogP contribution is 2.36. The van der Waals surface area contributed by atoms with Crippen molar-refractivity contribution in [2.75, 3.05) is 11.8 Å². The standard InChI is InChI=1S/C26H25ClN4O6S3/c1-37-26(33)30-21(14-16-5-3-2-4-6-16)24(32)28-20(13-17-7-9-18(10-8-17)31-40(34,35)36)22-15-39-25(29-22)23-19(27)11-12-38-23/h2-12,15,20-21,31H,13-14H2,1H3,(H,28,32)(H,30,33)(H,34,35,36). The van der Waals surface area contributed by atoms with Crippen LogP contribution in [0.25, 0.3) is 9.88 Å². The number of carbonyl (C=O) groups is 2.